The number of carbonyl (C=O) groups excluding carboxylic acids is 1. The molecule has 4 nitrogen and oxygen atoms in total. The minimum Gasteiger partial charge on any atom is -0.490 e. The van der Waals surface area contributed by atoms with Gasteiger partial charge in [0.1, 0.15) is 5.01 Å². The predicted octanol–water partition coefficient (Wildman–Crippen LogP) is 4.36. The SMILES string of the molecule is O=C(CCOc1ccccc1F)Nc1ccc(-c2nccs2)cc1. The third-order valence-electron chi connectivity index (χ3n) is 3.27. The molecule has 2 aromatic carbocycles. The first kappa shape index (κ1) is 16.1. The van der Waals surface area contributed by atoms with Crippen molar-refractivity contribution >= 4 is 22.9 Å². The second-order valence-corrected chi connectivity index (χ2v) is 5.89. The molecule has 0 fully saturated rings. The van der Waals surface area contributed by atoms with Crippen LogP contribution in [-0.4, -0.2) is 17.5 Å². The maximum Gasteiger partial charge on any atom is 0.227 e. The van der Waals surface area contributed by atoms with Gasteiger partial charge in [-0.3, -0.25) is 4.79 Å². The maximum absolute atomic E-state index is 13.4. The third kappa shape index (κ3) is 4.17. The summed E-state index contributed by atoms with van der Waals surface area (Å²) in [6.07, 6.45) is 1.90. The highest BCUT2D eigenvalue weighted by Gasteiger charge is 2.06. The topological polar surface area (TPSA) is 51.2 Å². The van der Waals surface area contributed by atoms with Crippen molar-refractivity contribution in [2.24, 2.45) is 0 Å². The summed E-state index contributed by atoms with van der Waals surface area (Å²) in [5.41, 5.74) is 1.71. The molecule has 0 unspecified atom stereocenters. The number of ether oxygens (including phenoxy) is 1. The van der Waals surface area contributed by atoms with Crippen LogP contribution < -0.4 is 10.1 Å². The second kappa shape index (κ2) is 7.70. The van der Waals surface area contributed by atoms with Gasteiger partial charge in [0.2, 0.25) is 5.91 Å². The van der Waals surface area contributed by atoms with E-state index >= 15 is 0 Å². The Kier molecular flexibility index (Phi) is 5.18. The number of nitrogens with one attached hydrogen (secondary N) is 1. The van der Waals surface area contributed by atoms with E-state index in [1.807, 2.05) is 29.6 Å². The first-order valence-electron chi connectivity index (χ1n) is 7.39. The predicted molar refractivity (Wildman–Crippen MR) is 92.7 cm³/mol. The molecular weight excluding hydrogens is 327 g/mol. The van der Waals surface area contributed by atoms with Gasteiger partial charge in [-0.2, -0.15) is 0 Å². The molecule has 1 amide bonds. The van der Waals surface area contributed by atoms with Gasteiger partial charge in [-0.05, 0) is 36.4 Å². The molecular formula is C18H15FN2O2S. The molecule has 1 aromatic heterocycles. The van der Waals surface area contributed by atoms with Gasteiger partial charge in [0.05, 0.1) is 13.0 Å². The Morgan fingerprint density at radius 2 is 1.96 bits per heavy atom. The normalized spacial score (nSPS) is 10.4. The van der Waals surface area contributed by atoms with Gasteiger partial charge in [-0.1, -0.05) is 12.1 Å². The van der Waals surface area contributed by atoms with Crippen molar-refractivity contribution in [3.05, 3.63) is 65.9 Å². The number of para-hydroxylation sites is 1. The number of nitrogens with zero attached hydrogens (tertiary/aromatic N) is 1. The van der Waals surface area contributed by atoms with Gasteiger partial charge < -0.3 is 10.1 Å². The third-order valence-corrected chi connectivity index (χ3v) is 4.09. The van der Waals surface area contributed by atoms with Crippen molar-refractivity contribution in [1.29, 1.82) is 0 Å². The van der Waals surface area contributed by atoms with Crippen LogP contribution in [0.5, 0.6) is 5.75 Å². The molecule has 0 radical (unpaired) electrons. The average molecular weight is 342 g/mol. The van der Waals surface area contributed by atoms with Crippen LogP contribution in [-0.2, 0) is 4.79 Å². The lowest BCUT2D eigenvalue weighted by molar-refractivity contribution is -0.116. The van der Waals surface area contributed by atoms with Crippen molar-refractivity contribution in [2.45, 2.75) is 6.42 Å². The molecule has 1 N–H and O–H groups in total. The summed E-state index contributed by atoms with van der Waals surface area (Å²) in [5.74, 6) is -0.470. The molecule has 122 valence electrons. The van der Waals surface area contributed by atoms with Crippen LogP contribution in [0.2, 0.25) is 0 Å². The van der Waals surface area contributed by atoms with Crippen LogP contribution in [0.15, 0.2) is 60.1 Å². The van der Waals surface area contributed by atoms with Crippen LogP contribution >= 0.6 is 11.3 Å². The Balaban J connectivity index is 1.49. The standard InChI is InChI=1S/C18H15FN2O2S/c19-15-3-1-2-4-16(15)23-11-9-17(22)21-14-7-5-13(6-8-14)18-20-10-12-24-18/h1-8,10,12H,9,11H2,(H,21,22). The number of rotatable bonds is 6. The summed E-state index contributed by atoms with van der Waals surface area (Å²) in [6, 6.07) is 13.6. The summed E-state index contributed by atoms with van der Waals surface area (Å²) >= 11 is 1.56. The van der Waals surface area contributed by atoms with Gasteiger partial charge in [0.25, 0.3) is 0 Å². The first-order valence-corrected chi connectivity index (χ1v) is 8.27. The molecule has 6 heteroatoms. The molecule has 0 aliphatic heterocycles. The number of halogens is 1. The highest BCUT2D eigenvalue weighted by Crippen LogP contribution is 2.23. The lowest BCUT2D eigenvalue weighted by Gasteiger charge is -2.08. The van der Waals surface area contributed by atoms with E-state index in [4.69, 9.17) is 4.74 Å². The molecule has 0 bridgehead atoms. The van der Waals surface area contributed by atoms with Crippen molar-refractivity contribution in [3.63, 3.8) is 0 Å². The van der Waals surface area contributed by atoms with Gasteiger partial charge >= 0.3 is 0 Å². The van der Waals surface area contributed by atoms with E-state index in [9.17, 15) is 9.18 Å². The van der Waals surface area contributed by atoms with Crippen LogP contribution in [0, 0.1) is 5.82 Å². The Hall–Kier alpha value is -2.73. The van der Waals surface area contributed by atoms with Gasteiger partial charge in [-0.15, -0.1) is 11.3 Å². The van der Waals surface area contributed by atoms with Gasteiger partial charge in [-0.25, -0.2) is 9.37 Å². The Morgan fingerprint density at radius 3 is 2.67 bits per heavy atom. The lowest BCUT2D eigenvalue weighted by atomic mass is 10.2. The van der Waals surface area contributed by atoms with Crippen molar-refractivity contribution in [2.75, 3.05) is 11.9 Å². The molecule has 0 aliphatic rings. The fourth-order valence-corrected chi connectivity index (χ4v) is 2.75. The molecule has 3 aromatic rings. The number of hydrogen-bond donors (Lipinski definition) is 1. The van der Waals surface area contributed by atoms with Crippen molar-refractivity contribution in [3.8, 4) is 16.3 Å². The maximum atomic E-state index is 13.4. The Bertz CT molecular complexity index is 804. The number of benzene rings is 2. The summed E-state index contributed by atoms with van der Waals surface area (Å²) in [6.45, 7) is 0.115. The van der Waals surface area contributed by atoms with E-state index in [-0.39, 0.29) is 24.7 Å². The quantitative estimate of drug-likeness (QED) is 0.724. The smallest absolute Gasteiger partial charge is 0.227 e. The van der Waals surface area contributed by atoms with Crippen molar-refractivity contribution in [1.82, 2.24) is 4.98 Å². The zero-order valence-electron chi connectivity index (χ0n) is 12.7. The minimum absolute atomic E-state index is 0.115. The molecule has 0 aliphatic carbocycles. The lowest BCUT2D eigenvalue weighted by Crippen LogP contribution is -2.15. The minimum atomic E-state index is -0.435. The number of carbonyl (C=O) groups is 1. The highest BCUT2D eigenvalue weighted by atomic mass is 32.1. The zero-order valence-corrected chi connectivity index (χ0v) is 13.6. The number of anilines is 1. The van der Waals surface area contributed by atoms with E-state index in [1.54, 1.807) is 29.7 Å². The first-order chi connectivity index (χ1) is 11.7. The Labute approximate surface area is 142 Å². The van der Waals surface area contributed by atoms with E-state index in [0.717, 1.165) is 10.6 Å². The van der Waals surface area contributed by atoms with E-state index in [1.165, 1.54) is 12.1 Å². The van der Waals surface area contributed by atoms with Gasteiger partial charge in [0.15, 0.2) is 11.6 Å². The molecule has 24 heavy (non-hydrogen) atoms. The molecule has 1 heterocycles. The van der Waals surface area contributed by atoms with Crippen LogP contribution in [0.25, 0.3) is 10.6 Å². The fourth-order valence-electron chi connectivity index (χ4n) is 2.10. The van der Waals surface area contributed by atoms with Crippen LogP contribution in [0.4, 0.5) is 10.1 Å². The average Bonchev–Trinajstić information content (AvgIpc) is 3.12. The second-order valence-electron chi connectivity index (χ2n) is 4.99. The fraction of sp³-hybridized carbons (Fsp3) is 0.111. The molecule has 0 saturated heterocycles. The largest absolute Gasteiger partial charge is 0.490 e. The summed E-state index contributed by atoms with van der Waals surface area (Å²) in [7, 11) is 0. The summed E-state index contributed by atoms with van der Waals surface area (Å²) in [4.78, 5) is 16.1. The number of thiazole rings is 1. The molecule has 0 saturated carbocycles. The van der Waals surface area contributed by atoms with E-state index in [0.29, 0.717) is 5.69 Å². The number of hydrogen-bond acceptors (Lipinski definition) is 4. The molecule has 0 atom stereocenters. The van der Waals surface area contributed by atoms with Gasteiger partial charge in [0, 0.05) is 22.8 Å². The number of aromatic nitrogens is 1. The highest BCUT2D eigenvalue weighted by molar-refractivity contribution is 7.13. The number of amides is 1. The van der Waals surface area contributed by atoms with Crippen LogP contribution in [0.1, 0.15) is 6.42 Å². The van der Waals surface area contributed by atoms with E-state index in [2.05, 4.69) is 10.3 Å². The van der Waals surface area contributed by atoms with E-state index < -0.39 is 5.82 Å². The zero-order chi connectivity index (χ0) is 16.8. The Morgan fingerprint density at radius 1 is 1.17 bits per heavy atom. The van der Waals surface area contributed by atoms with Crippen LogP contribution in [0.3, 0.4) is 0 Å². The van der Waals surface area contributed by atoms with Crippen molar-refractivity contribution < 1.29 is 13.9 Å². The summed E-state index contributed by atoms with van der Waals surface area (Å²) in [5, 5.41) is 5.64. The molecule has 3 rings (SSSR count). The summed E-state index contributed by atoms with van der Waals surface area (Å²) < 4.78 is 18.7. The molecule has 0 spiro atoms. The monoisotopic (exact) mass is 342 g/mol.